The molecule has 0 aliphatic carbocycles. The summed E-state index contributed by atoms with van der Waals surface area (Å²) >= 11 is 6.09. The third kappa shape index (κ3) is 4.43. The average molecular weight is 411 g/mol. The Morgan fingerprint density at radius 1 is 1.19 bits per heavy atom. The van der Waals surface area contributed by atoms with Crippen molar-refractivity contribution in [1.29, 1.82) is 0 Å². The van der Waals surface area contributed by atoms with E-state index < -0.39 is 15.9 Å². The van der Waals surface area contributed by atoms with Crippen LogP contribution in [-0.4, -0.2) is 38.8 Å². The Kier molecular flexibility index (Phi) is 6.86. The van der Waals surface area contributed by atoms with E-state index in [2.05, 4.69) is 5.32 Å². The summed E-state index contributed by atoms with van der Waals surface area (Å²) < 4.78 is 32.1. The van der Waals surface area contributed by atoms with Gasteiger partial charge in [0, 0.05) is 23.8 Å². The number of sulfonamides is 1. The van der Waals surface area contributed by atoms with Crippen molar-refractivity contribution in [2.45, 2.75) is 25.7 Å². The summed E-state index contributed by atoms with van der Waals surface area (Å²) in [6, 6.07) is 9.43. The quantitative estimate of drug-likeness (QED) is 0.750. The maximum absolute atomic E-state index is 12.8. The van der Waals surface area contributed by atoms with E-state index in [1.165, 1.54) is 29.6 Å². The highest BCUT2D eigenvalue weighted by Gasteiger charge is 2.24. The molecule has 8 heteroatoms. The molecule has 0 unspecified atom stereocenters. The van der Waals surface area contributed by atoms with Crippen LogP contribution in [0.2, 0.25) is 5.02 Å². The maximum Gasteiger partial charge on any atom is 0.259 e. The molecular formula is C19H23ClN2O4S. The van der Waals surface area contributed by atoms with E-state index in [0.717, 1.165) is 5.56 Å². The van der Waals surface area contributed by atoms with E-state index in [9.17, 15) is 13.2 Å². The minimum Gasteiger partial charge on any atom is -0.496 e. The molecule has 0 spiro atoms. The van der Waals surface area contributed by atoms with Crippen LogP contribution in [0.15, 0.2) is 41.3 Å². The zero-order chi connectivity index (χ0) is 20.2. The van der Waals surface area contributed by atoms with E-state index in [-0.39, 0.29) is 16.2 Å². The Balaban J connectivity index is 2.46. The lowest BCUT2D eigenvalue weighted by atomic mass is 10.1. The number of carbonyl (C=O) groups is 1. The van der Waals surface area contributed by atoms with Gasteiger partial charge in [0.1, 0.15) is 5.75 Å². The summed E-state index contributed by atoms with van der Waals surface area (Å²) in [5, 5.41) is 3.29. The molecule has 0 fully saturated rings. The second-order valence-corrected chi connectivity index (χ2v) is 8.16. The fraction of sp³-hybridized carbons (Fsp3) is 0.316. The van der Waals surface area contributed by atoms with Crippen molar-refractivity contribution < 1.29 is 17.9 Å². The van der Waals surface area contributed by atoms with Gasteiger partial charge in [-0.25, -0.2) is 8.42 Å². The Bertz CT molecular complexity index is 941. The second-order valence-electron chi connectivity index (χ2n) is 5.82. The Labute approximate surface area is 165 Å². The van der Waals surface area contributed by atoms with Crippen molar-refractivity contribution in [3.8, 4) is 5.75 Å². The van der Waals surface area contributed by atoms with Gasteiger partial charge >= 0.3 is 0 Å². The first-order valence-corrected chi connectivity index (χ1v) is 10.3. The number of amides is 1. The smallest absolute Gasteiger partial charge is 0.259 e. The van der Waals surface area contributed by atoms with Crippen molar-refractivity contribution in [2.75, 3.05) is 25.5 Å². The fourth-order valence-corrected chi connectivity index (χ4v) is 4.33. The molecular weight excluding hydrogens is 388 g/mol. The molecule has 0 heterocycles. The lowest BCUT2D eigenvalue weighted by Crippen LogP contribution is -2.30. The molecule has 0 saturated heterocycles. The second kappa shape index (κ2) is 8.73. The van der Waals surface area contributed by atoms with E-state index in [0.29, 0.717) is 23.8 Å². The molecule has 0 radical (unpaired) electrons. The van der Waals surface area contributed by atoms with E-state index in [4.69, 9.17) is 16.3 Å². The number of ether oxygens (including phenoxy) is 1. The molecule has 0 atom stereocenters. The number of anilines is 1. The number of hydrogen-bond donors (Lipinski definition) is 1. The minimum atomic E-state index is -3.69. The maximum atomic E-state index is 12.8. The first-order valence-electron chi connectivity index (χ1n) is 8.50. The minimum absolute atomic E-state index is 0.0416. The summed E-state index contributed by atoms with van der Waals surface area (Å²) in [6.45, 7) is 6.00. The Hall–Kier alpha value is -2.09. The van der Waals surface area contributed by atoms with Crippen molar-refractivity contribution >= 4 is 33.2 Å². The highest BCUT2D eigenvalue weighted by Crippen LogP contribution is 2.27. The molecule has 1 amide bonds. The van der Waals surface area contributed by atoms with Gasteiger partial charge in [0.15, 0.2) is 0 Å². The third-order valence-electron chi connectivity index (χ3n) is 4.27. The van der Waals surface area contributed by atoms with E-state index in [1.807, 2.05) is 0 Å². The van der Waals surface area contributed by atoms with Crippen LogP contribution in [0.25, 0.3) is 0 Å². The predicted molar refractivity (Wildman–Crippen MR) is 107 cm³/mol. The topological polar surface area (TPSA) is 75.7 Å². The van der Waals surface area contributed by atoms with E-state index in [1.54, 1.807) is 39.0 Å². The normalized spacial score (nSPS) is 11.5. The first-order chi connectivity index (χ1) is 12.8. The highest BCUT2D eigenvalue weighted by molar-refractivity contribution is 7.89. The molecule has 2 aromatic carbocycles. The van der Waals surface area contributed by atoms with Crippen molar-refractivity contribution in [1.82, 2.24) is 4.31 Å². The first kappa shape index (κ1) is 21.2. The molecule has 1 N–H and O–H groups in total. The van der Waals surface area contributed by atoms with Gasteiger partial charge < -0.3 is 10.1 Å². The standard InChI is InChI=1S/C19H23ClN2O4S/c1-5-22(6-2)27(24,25)14-10-11-18(26-4)15(12-14)19(23)21-17-9-7-8-16(20)13(17)3/h7-12H,5-6H2,1-4H3,(H,21,23). The van der Waals surface area contributed by atoms with Crippen LogP contribution in [0, 0.1) is 6.92 Å². The lowest BCUT2D eigenvalue weighted by molar-refractivity contribution is 0.102. The predicted octanol–water partition coefficient (Wildman–Crippen LogP) is 3.94. The number of nitrogens with one attached hydrogen (secondary N) is 1. The number of hydrogen-bond acceptors (Lipinski definition) is 4. The summed E-state index contributed by atoms with van der Waals surface area (Å²) in [7, 11) is -2.27. The number of carbonyl (C=O) groups excluding carboxylic acids is 1. The molecule has 0 bridgehead atoms. The van der Waals surface area contributed by atoms with Crippen LogP contribution in [0.5, 0.6) is 5.75 Å². The van der Waals surface area contributed by atoms with Crippen LogP contribution in [0.3, 0.4) is 0 Å². The van der Waals surface area contributed by atoms with Gasteiger partial charge in [-0.3, -0.25) is 4.79 Å². The molecule has 0 aromatic heterocycles. The number of nitrogens with zero attached hydrogens (tertiary/aromatic N) is 1. The molecule has 2 rings (SSSR count). The molecule has 6 nitrogen and oxygen atoms in total. The zero-order valence-corrected chi connectivity index (χ0v) is 17.3. The van der Waals surface area contributed by atoms with Gasteiger partial charge in [-0.05, 0) is 42.8 Å². The SMILES string of the molecule is CCN(CC)S(=O)(=O)c1ccc(OC)c(C(=O)Nc2cccc(Cl)c2C)c1. The molecule has 2 aromatic rings. The Morgan fingerprint density at radius 3 is 2.44 bits per heavy atom. The van der Waals surface area contributed by atoms with Crippen LogP contribution < -0.4 is 10.1 Å². The van der Waals surface area contributed by atoms with Crippen molar-refractivity contribution in [2.24, 2.45) is 0 Å². The number of benzene rings is 2. The van der Waals surface area contributed by atoms with Gasteiger partial charge in [-0.2, -0.15) is 4.31 Å². The summed E-state index contributed by atoms with van der Waals surface area (Å²) in [4.78, 5) is 12.8. The molecule has 27 heavy (non-hydrogen) atoms. The third-order valence-corrected chi connectivity index (χ3v) is 6.73. The highest BCUT2D eigenvalue weighted by atomic mass is 35.5. The molecule has 0 aliphatic rings. The fourth-order valence-electron chi connectivity index (χ4n) is 2.67. The van der Waals surface area contributed by atoms with Crippen LogP contribution in [0.1, 0.15) is 29.8 Å². The number of halogens is 1. The van der Waals surface area contributed by atoms with Crippen molar-refractivity contribution in [3.63, 3.8) is 0 Å². The number of methoxy groups -OCH3 is 1. The van der Waals surface area contributed by atoms with Gasteiger partial charge in [-0.15, -0.1) is 0 Å². The number of rotatable bonds is 7. The van der Waals surface area contributed by atoms with Gasteiger partial charge in [0.2, 0.25) is 10.0 Å². The van der Waals surface area contributed by atoms with Crippen LogP contribution in [-0.2, 0) is 10.0 Å². The van der Waals surface area contributed by atoms with Gasteiger partial charge in [-0.1, -0.05) is 31.5 Å². The summed E-state index contributed by atoms with van der Waals surface area (Å²) in [6.07, 6.45) is 0. The Morgan fingerprint density at radius 2 is 1.85 bits per heavy atom. The monoisotopic (exact) mass is 410 g/mol. The van der Waals surface area contributed by atoms with Crippen LogP contribution >= 0.6 is 11.6 Å². The van der Waals surface area contributed by atoms with Crippen molar-refractivity contribution in [3.05, 3.63) is 52.5 Å². The summed E-state index contributed by atoms with van der Waals surface area (Å²) in [5.41, 5.74) is 1.40. The van der Waals surface area contributed by atoms with Gasteiger partial charge in [0.25, 0.3) is 5.91 Å². The summed E-state index contributed by atoms with van der Waals surface area (Å²) in [5.74, 6) is -0.195. The lowest BCUT2D eigenvalue weighted by Gasteiger charge is -2.19. The molecule has 146 valence electrons. The van der Waals surface area contributed by atoms with E-state index >= 15 is 0 Å². The molecule has 0 saturated carbocycles. The largest absolute Gasteiger partial charge is 0.496 e. The average Bonchev–Trinajstić information content (AvgIpc) is 2.65. The molecule has 0 aliphatic heterocycles. The zero-order valence-electron chi connectivity index (χ0n) is 15.7. The van der Waals surface area contributed by atoms with Gasteiger partial charge in [0.05, 0.1) is 17.6 Å². The van der Waals surface area contributed by atoms with Crippen LogP contribution in [0.4, 0.5) is 5.69 Å².